The number of aliphatic hydroxyl groups is 1. The van der Waals surface area contributed by atoms with E-state index in [1.807, 2.05) is 37.3 Å². The lowest BCUT2D eigenvalue weighted by Gasteiger charge is -2.12. The number of nitrogens with one attached hydrogen (secondary N) is 2. The lowest BCUT2D eigenvalue weighted by atomic mass is 10.2. The SMILES string of the molecule is CCNC(=NCC(O)c1cc2ccccc2s1)NCCCS(=O)(=O)c1ccccc1.I. The van der Waals surface area contributed by atoms with E-state index in [0.29, 0.717) is 30.4 Å². The highest BCUT2D eigenvalue weighted by Crippen LogP contribution is 2.29. The summed E-state index contributed by atoms with van der Waals surface area (Å²) in [5.74, 6) is 0.628. The van der Waals surface area contributed by atoms with Crippen molar-refractivity contribution in [1.82, 2.24) is 10.6 Å². The third kappa shape index (κ3) is 7.44. The van der Waals surface area contributed by atoms with E-state index in [2.05, 4.69) is 15.6 Å². The molecule has 0 aliphatic rings. The molecule has 0 spiro atoms. The zero-order valence-corrected chi connectivity index (χ0v) is 21.3. The van der Waals surface area contributed by atoms with Gasteiger partial charge in [-0.3, -0.25) is 4.99 Å². The van der Waals surface area contributed by atoms with Crippen molar-refractivity contribution in [3.8, 4) is 0 Å². The van der Waals surface area contributed by atoms with Gasteiger partial charge in [-0.2, -0.15) is 0 Å². The molecule has 1 unspecified atom stereocenters. The summed E-state index contributed by atoms with van der Waals surface area (Å²) in [5.41, 5.74) is 0. The van der Waals surface area contributed by atoms with Gasteiger partial charge in [0.05, 0.1) is 17.2 Å². The first-order chi connectivity index (χ1) is 14.5. The molecule has 3 N–H and O–H groups in total. The Hall–Kier alpha value is -1.69. The van der Waals surface area contributed by atoms with E-state index in [-0.39, 0.29) is 36.3 Å². The molecule has 9 heteroatoms. The van der Waals surface area contributed by atoms with Crippen LogP contribution in [0.1, 0.15) is 24.3 Å². The number of sulfone groups is 1. The normalized spacial score (nSPS) is 12.9. The number of aliphatic hydroxyl groups excluding tert-OH is 1. The molecule has 0 bridgehead atoms. The molecule has 1 aromatic heterocycles. The fourth-order valence-electron chi connectivity index (χ4n) is 2.99. The summed E-state index contributed by atoms with van der Waals surface area (Å²) >= 11 is 1.57. The van der Waals surface area contributed by atoms with E-state index in [9.17, 15) is 13.5 Å². The molecule has 0 fully saturated rings. The smallest absolute Gasteiger partial charge is 0.191 e. The van der Waals surface area contributed by atoms with Crippen molar-refractivity contribution in [3.63, 3.8) is 0 Å². The highest BCUT2D eigenvalue weighted by Gasteiger charge is 2.14. The largest absolute Gasteiger partial charge is 0.386 e. The topological polar surface area (TPSA) is 90.8 Å². The van der Waals surface area contributed by atoms with Crippen molar-refractivity contribution >= 4 is 61.2 Å². The quantitative estimate of drug-likeness (QED) is 0.156. The number of thiophene rings is 1. The molecule has 0 aliphatic heterocycles. The molecule has 0 amide bonds. The molecular formula is C22H28IN3O3S2. The second-order valence-corrected chi connectivity index (χ2v) is 10.1. The molecule has 0 saturated heterocycles. The monoisotopic (exact) mass is 573 g/mol. The fourth-order valence-corrected chi connectivity index (χ4v) is 5.36. The number of rotatable bonds is 9. The Morgan fingerprint density at radius 1 is 1.10 bits per heavy atom. The van der Waals surface area contributed by atoms with Crippen LogP contribution in [-0.4, -0.2) is 44.9 Å². The molecule has 31 heavy (non-hydrogen) atoms. The van der Waals surface area contributed by atoms with Crippen LogP contribution < -0.4 is 10.6 Å². The van der Waals surface area contributed by atoms with E-state index in [1.165, 1.54) is 0 Å². The van der Waals surface area contributed by atoms with Crippen LogP contribution in [0.2, 0.25) is 0 Å². The molecule has 1 heterocycles. The first-order valence-corrected chi connectivity index (χ1v) is 12.4. The second kappa shape index (κ2) is 12.4. The van der Waals surface area contributed by atoms with Crippen LogP contribution in [0.25, 0.3) is 10.1 Å². The maximum atomic E-state index is 12.3. The van der Waals surface area contributed by atoms with Crippen LogP contribution in [-0.2, 0) is 9.84 Å². The summed E-state index contributed by atoms with van der Waals surface area (Å²) in [5, 5.41) is 17.9. The Kier molecular flexibility index (Phi) is 10.2. The average Bonchev–Trinajstić information content (AvgIpc) is 3.20. The summed E-state index contributed by atoms with van der Waals surface area (Å²) in [6.07, 6.45) is -0.225. The van der Waals surface area contributed by atoms with E-state index in [4.69, 9.17) is 0 Å². The van der Waals surface area contributed by atoms with Crippen molar-refractivity contribution < 1.29 is 13.5 Å². The summed E-state index contributed by atoms with van der Waals surface area (Å²) in [7, 11) is -3.28. The zero-order chi connectivity index (χ0) is 21.4. The van der Waals surface area contributed by atoms with E-state index >= 15 is 0 Å². The summed E-state index contributed by atoms with van der Waals surface area (Å²) in [6.45, 7) is 3.33. The lowest BCUT2D eigenvalue weighted by Crippen LogP contribution is -2.38. The minimum atomic E-state index is -3.28. The third-order valence-electron chi connectivity index (χ3n) is 4.52. The van der Waals surface area contributed by atoms with Crippen LogP contribution in [0.5, 0.6) is 0 Å². The number of guanidine groups is 1. The van der Waals surface area contributed by atoms with E-state index in [0.717, 1.165) is 15.0 Å². The van der Waals surface area contributed by atoms with Crippen LogP contribution >= 0.6 is 35.3 Å². The van der Waals surface area contributed by atoms with Gasteiger partial charge in [-0.15, -0.1) is 35.3 Å². The Bertz CT molecular complexity index is 1050. The number of benzene rings is 2. The van der Waals surface area contributed by atoms with Gasteiger partial charge in [0.2, 0.25) is 0 Å². The predicted molar refractivity (Wildman–Crippen MR) is 139 cm³/mol. The van der Waals surface area contributed by atoms with Crippen LogP contribution in [0.15, 0.2) is 70.6 Å². The van der Waals surface area contributed by atoms with Crippen molar-refractivity contribution in [1.29, 1.82) is 0 Å². The fraction of sp³-hybridized carbons (Fsp3) is 0.318. The standard InChI is InChI=1S/C22H27N3O3S2.HI/c1-2-23-22(24-13-8-14-30(27,28)18-10-4-3-5-11-18)25-16-19(26)21-15-17-9-6-7-12-20(17)29-21;/h3-7,9-12,15,19,26H,2,8,13-14,16H2,1H3,(H2,23,24,25);1H. The molecule has 1 atom stereocenters. The molecule has 0 saturated carbocycles. The Morgan fingerprint density at radius 3 is 2.52 bits per heavy atom. The van der Waals surface area contributed by atoms with Gasteiger partial charge in [0.15, 0.2) is 15.8 Å². The molecule has 0 radical (unpaired) electrons. The number of halogens is 1. The Labute approximate surface area is 204 Å². The number of hydrogen-bond acceptors (Lipinski definition) is 5. The Balaban J connectivity index is 0.00000341. The molecule has 0 aliphatic carbocycles. The number of fused-ring (bicyclic) bond motifs is 1. The van der Waals surface area contributed by atoms with Gasteiger partial charge in [0.1, 0.15) is 6.10 Å². The lowest BCUT2D eigenvalue weighted by molar-refractivity contribution is 0.191. The third-order valence-corrected chi connectivity index (χ3v) is 7.56. The minimum absolute atomic E-state index is 0. The number of aliphatic imine (C=N–C) groups is 1. The highest BCUT2D eigenvalue weighted by atomic mass is 127. The van der Waals surface area contributed by atoms with Gasteiger partial charge in [0, 0.05) is 22.7 Å². The first-order valence-electron chi connectivity index (χ1n) is 9.96. The molecule has 6 nitrogen and oxygen atoms in total. The van der Waals surface area contributed by atoms with E-state index < -0.39 is 15.9 Å². The van der Waals surface area contributed by atoms with Crippen LogP contribution in [0.3, 0.4) is 0 Å². The molecule has 3 aromatic rings. The second-order valence-electron chi connectivity index (χ2n) is 6.83. The van der Waals surface area contributed by atoms with Gasteiger partial charge in [-0.1, -0.05) is 36.4 Å². The maximum Gasteiger partial charge on any atom is 0.191 e. The molecule has 168 valence electrons. The zero-order valence-electron chi connectivity index (χ0n) is 17.3. The molecule has 2 aromatic carbocycles. The van der Waals surface area contributed by atoms with Crippen molar-refractivity contribution in [2.24, 2.45) is 4.99 Å². The number of nitrogens with zero attached hydrogens (tertiary/aromatic N) is 1. The van der Waals surface area contributed by atoms with Crippen molar-refractivity contribution in [2.75, 3.05) is 25.4 Å². The maximum absolute atomic E-state index is 12.3. The predicted octanol–water partition coefficient (Wildman–Crippen LogP) is 3.97. The van der Waals surface area contributed by atoms with Crippen LogP contribution in [0, 0.1) is 0 Å². The first kappa shape index (κ1) is 25.6. The van der Waals surface area contributed by atoms with Gasteiger partial charge in [0.25, 0.3) is 0 Å². The Morgan fingerprint density at radius 2 is 1.81 bits per heavy atom. The summed E-state index contributed by atoms with van der Waals surface area (Å²) < 4.78 is 25.8. The van der Waals surface area contributed by atoms with Crippen molar-refractivity contribution in [2.45, 2.75) is 24.3 Å². The van der Waals surface area contributed by atoms with Crippen molar-refractivity contribution in [3.05, 3.63) is 65.5 Å². The summed E-state index contributed by atoms with van der Waals surface area (Å²) in [4.78, 5) is 5.68. The van der Waals surface area contributed by atoms with Gasteiger partial charge >= 0.3 is 0 Å². The van der Waals surface area contributed by atoms with Gasteiger partial charge in [-0.25, -0.2) is 8.42 Å². The highest BCUT2D eigenvalue weighted by molar-refractivity contribution is 14.0. The minimum Gasteiger partial charge on any atom is -0.386 e. The number of hydrogen-bond donors (Lipinski definition) is 3. The summed E-state index contributed by atoms with van der Waals surface area (Å²) in [6, 6.07) is 18.5. The van der Waals surface area contributed by atoms with Gasteiger partial charge in [-0.05, 0) is 43.0 Å². The molecular weight excluding hydrogens is 545 g/mol. The van der Waals surface area contributed by atoms with Gasteiger partial charge < -0.3 is 15.7 Å². The average molecular weight is 574 g/mol. The van der Waals surface area contributed by atoms with Crippen LogP contribution in [0.4, 0.5) is 0 Å². The molecule has 3 rings (SSSR count). The van der Waals surface area contributed by atoms with E-state index in [1.54, 1.807) is 41.7 Å².